The summed E-state index contributed by atoms with van der Waals surface area (Å²) in [7, 11) is -1.41. The first kappa shape index (κ1) is 22.2. The number of benzene rings is 2. The summed E-state index contributed by atoms with van der Waals surface area (Å²) in [5.74, 6) is -1.82. The zero-order chi connectivity index (χ0) is 24.2. The van der Waals surface area contributed by atoms with Crippen LogP contribution in [0, 0.1) is 0 Å². The fourth-order valence-electron chi connectivity index (χ4n) is 4.49. The molecule has 0 bridgehead atoms. The van der Waals surface area contributed by atoms with E-state index in [0.717, 1.165) is 11.6 Å². The number of halogens is 3. The van der Waals surface area contributed by atoms with E-state index in [1.807, 2.05) is 0 Å². The van der Waals surface area contributed by atoms with E-state index in [-0.39, 0.29) is 5.75 Å². The summed E-state index contributed by atoms with van der Waals surface area (Å²) in [5, 5.41) is 11.9. The minimum Gasteiger partial charge on any atom is -0.502 e. The highest BCUT2D eigenvalue weighted by Crippen LogP contribution is 2.39. The molecule has 0 saturated carbocycles. The molecule has 176 valence electrons. The van der Waals surface area contributed by atoms with Crippen molar-refractivity contribution in [1.29, 1.82) is 0 Å². The summed E-state index contributed by atoms with van der Waals surface area (Å²) in [6.07, 6.45) is -3.44. The number of fused-ring (bicyclic) bond motifs is 3. The first-order valence-corrected chi connectivity index (χ1v) is 11.6. The van der Waals surface area contributed by atoms with Gasteiger partial charge in [0, 0.05) is 17.2 Å². The number of carbonyl (C=O) groups excluding carboxylic acids is 1. The summed E-state index contributed by atoms with van der Waals surface area (Å²) in [6.45, 7) is -2.04. The molecule has 0 spiro atoms. The fourth-order valence-corrected chi connectivity index (χ4v) is 5.86. The normalized spacial score (nSPS) is 19.8. The van der Waals surface area contributed by atoms with Crippen LogP contribution in [-0.4, -0.2) is 44.2 Å². The summed E-state index contributed by atoms with van der Waals surface area (Å²) in [4.78, 5) is 26.1. The Morgan fingerprint density at radius 2 is 1.68 bits per heavy atom. The average molecular weight is 489 g/mol. The molecule has 1 unspecified atom stereocenters. The molecule has 0 aliphatic carbocycles. The van der Waals surface area contributed by atoms with Crippen molar-refractivity contribution in [3.8, 4) is 5.75 Å². The number of pyridine rings is 1. The van der Waals surface area contributed by atoms with Gasteiger partial charge in [0.05, 0.1) is 22.6 Å². The van der Waals surface area contributed by atoms with Crippen LogP contribution in [0.1, 0.15) is 33.2 Å². The molecule has 0 saturated heterocycles. The zero-order valence-corrected chi connectivity index (χ0v) is 18.3. The average Bonchev–Trinajstić information content (AvgIpc) is 2.91. The van der Waals surface area contributed by atoms with Crippen LogP contribution in [0.4, 0.5) is 13.2 Å². The van der Waals surface area contributed by atoms with E-state index in [0.29, 0.717) is 20.9 Å². The number of nitrogens with zero attached hydrogens (tertiary/aromatic N) is 3. The summed E-state index contributed by atoms with van der Waals surface area (Å²) < 4.78 is 54.4. The lowest BCUT2D eigenvalue weighted by molar-refractivity contribution is -0.141. The van der Waals surface area contributed by atoms with Crippen molar-refractivity contribution in [2.24, 2.45) is 0 Å². The molecule has 1 amide bonds. The van der Waals surface area contributed by atoms with Gasteiger partial charge in [0.15, 0.2) is 11.4 Å². The van der Waals surface area contributed by atoms with E-state index in [4.69, 9.17) is 0 Å². The predicted octanol–water partition coefficient (Wildman–Crippen LogP) is 2.88. The summed E-state index contributed by atoms with van der Waals surface area (Å²) in [6, 6.07) is 14.4. The van der Waals surface area contributed by atoms with Crippen LogP contribution in [0.5, 0.6) is 5.75 Å². The molecule has 0 radical (unpaired) electrons. The van der Waals surface area contributed by atoms with E-state index >= 15 is 0 Å². The van der Waals surface area contributed by atoms with E-state index in [9.17, 15) is 32.1 Å². The van der Waals surface area contributed by atoms with Gasteiger partial charge in [0.25, 0.3) is 5.91 Å². The van der Waals surface area contributed by atoms with E-state index in [1.165, 1.54) is 15.9 Å². The van der Waals surface area contributed by atoms with Gasteiger partial charge in [-0.1, -0.05) is 42.5 Å². The van der Waals surface area contributed by atoms with E-state index in [1.54, 1.807) is 48.5 Å². The predicted molar refractivity (Wildman–Crippen MR) is 117 cm³/mol. The highest BCUT2D eigenvalue weighted by atomic mass is 32.2. The number of aromatic hydroxyl groups is 1. The lowest BCUT2D eigenvalue weighted by Gasteiger charge is -2.44. The van der Waals surface area contributed by atoms with E-state index in [2.05, 4.69) is 0 Å². The van der Waals surface area contributed by atoms with Crippen LogP contribution in [0.25, 0.3) is 0 Å². The molecular weight excluding hydrogens is 471 g/mol. The van der Waals surface area contributed by atoms with Gasteiger partial charge in [-0.2, -0.15) is 13.2 Å². The van der Waals surface area contributed by atoms with Gasteiger partial charge < -0.3 is 10.0 Å². The molecule has 1 aromatic heterocycles. The minimum absolute atomic E-state index is 0.213. The topological polar surface area (TPSA) is 82.8 Å². The molecule has 34 heavy (non-hydrogen) atoms. The second kappa shape index (κ2) is 8.01. The molecule has 3 heterocycles. The minimum atomic E-state index is -4.70. The van der Waals surface area contributed by atoms with Crippen molar-refractivity contribution < 1.29 is 27.3 Å². The zero-order valence-electron chi connectivity index (χ0n) is 17.5. The number of amides is 1. The molecule has 2 aliphatic rings. The van der Waals surface area contributed by atoms with Gasteiger partial charge in [-0.15, -0.1) is 0 Å². The third kappa shape index (κ3) is 3.65. The summed E-state index contributed by atoms with van der Waals surface area (Å²) >= 11 is 0. The van der Waals surface area contributed by atoms with Gasteiger partial charge in [0.2, 0.25) is 5.43 Å². The SMILES string of the molecule is O=C1c2c(O)c(=O)ccn2N([C@H]2c3ccccc3CS(=O)c3ccccc32)CN1CC(F)(F)F. The van der Waals surface area contributed by atoms with Crippen molar-refractivity contribution in [3.63, 3.8) is 0 Å². The van der Waals surface area contributed by atoms with E-state index < -0.39 is 59.0 Å². The molecule has 2 atom stereocenters. The van der Waals surface area contributed by atoms with Crippen molar-refractivity contribution in [2.45, 2.75) is 22.9 Å². The monoisotopic (exact) mass is 489 g/mol. The number of hydrogen-bond donors (Lipinski definition) is 1. The van der Waals surface area contributed by atoms with Crippen LogP contribution in [0.3, 0.4) is 0 Å². The van der Waals surface area contributed by atoms with Gasteiger partial charge >= 0.3 is 6.18 Å². The van der Waals surface area contributed by atoms with Crippen LogP contribution in [0.2, 0.25) is 0 Å². The van der Waals surface area contributed by atoms with Crippen molar-refractivity contribution >= 4 is 16.7 Å². The van der Waals surface area contributed by atoms with Gasteiger partial charge in [-0.05, 0) is 22.8 Å². The molecule has 0 fully saturated rings. The lowest BCUT2D eigenvalue weighted by Crippen LogP contribution is -2.57. The number of rotatable bonds is 2. The van der Waals surface area contributed by atoms with Crippen LogP contribution < -0.4 is 10.4 Å². The van der Waals surface area contributed by atoms with Gasteiger partial charge in [-0.25, -0.2) is 0 Å². The smallest absolute Gasteiger partial charge is 0.406 e. The molecule has 5 rings (SSSR count). The second-order valence-electron chi connectivity index (χ2n) is 8.05. The Bertz CT molecular complexity index is 1390. The second-order valence-corrected chi connectivity index (χ2v) is 9.47. The third-order valence-electron chi connectivity index (χ3n) is 5.90. The van der Waals surface area contributed by atoms with Crippen molar-refractivity contribution in [2.75, 3.05) is 18.2 Å². The first-order chi connectivity index (χ1) is 16.2. The molecule has 1 N–H and O–H groups in total. The van der Waals surface area contributed by atoms with Crippen molar-refractivity contribution in [3.05, 3.63) is 93.4 Å². The molecule has 3 aromatic rings. The molecule has 2 aromatic carbocycles. The molecular formula is C23H18F3N3O4S. The van der Waals surface area contributed by atoms with Crippen LogP contribution in [0.15, 0.2) is 70.5 Å². The Morgan fingerprint density at radius 1 is 1.00 bits per heavy atom. The largest absolute Gasteiger partial charge is 0.502 e. The lowest BCUT2D eigenvalue weighted by atomic mass is 9.94. The molecule has 2 aliphatic heterocycles. The van der Waals surface area contributed by atoms with Crippen molar-refractivity contribution in [1.82, 2.24) is 9.58 Å². The maximum absolute atomic E-state index is 13.3. The number of aromatic nitrogens is 1. The maximum Gasteiger partial charge on any atom is 0.406 e. The Labute approximate surface area is 194 Å². The highest BCUT2D eigenvalue weighted by molar-refractivity contribution is 7.84. The number of hydrogen-bond acceptors (Lipinski definition) is 5. The third-order valence-corrected chi connectivity index (χ3v) is 7.33. The molecule has 7 nitrogen and oxygen atoms in total. The standard InChI is InChI=1S/C23H18F3N3O4S/c24-23(25,26)12-27-13-29(28-10-9-17(30)21(31)20(28)22(27)32)19-15-6-2-1-5-14(15)11-34(33)18-8-4-3-7-16(18)19/h1-10,19,31H,11-13H2/t19-,34?/m0/s1. The first-order valence-electron chi connectivity index (χ1n) is 10.3. The fraction of sp³-hybridized carbons (Fsp3) is 0.217. The highest BCUT2D eigenvalue weighted by Gasteiger charge is 2.42. The van der Waals surface area contributed by atoms with Gasteiger partial charge in [0.1, 0.15) is 13.2 Å². The summed E-state index contributed by atoms with van der Waals surface area (Å²) in [5.41, 5.74) is 0.607. The quantitative estimate of drug-likeness (QED) is 0.599. The Balaban J connectivity index is 1.78. The Hall–Kier alpha value is -3.60. The number of alkyl halides is 3. The number of carbonyl (C=O) groups is 1. The molecule has 11 heteroatoms. The van der Waals surface area contributed by atoms with Gasteiger partial charge in [-0.3, -0.25) is 23.5 Å². The Kier molecular flexibility index (Phi) is 5.23. The van der Waals surface area contributed by atoms with Crippen LogP contribution in [-0.2, 0) is 16.6 Å². The Morgan fingerprint density at radius 3 is 2.41 bits per heavy atom. The van der Waals surface area contributed by atoms with Crippen LogP contribution >= 0.6 is 0 Å². The maximum atomic E-state index is 13.3.